The van der Waals surface area contributed by atoms with E-state index in [2.05, 4.69) is 39.0 Å². The predicted molar refractivity (Wildman–Crippen MR) is 135 cm³/mol. The number of ether oxygens (including phenoxy) is 1. The fourth-order valence-corrected chi connectivity index (χ4v) is 5.81. The number of thioether (sulfide) groups is 1. The molecular weight excluding hydrogens is 452 g/mol. The number of fused-ring (bicyclic) bond motifs is 1. The summed E-state index contributed by atoms with van der Waals surface area (Å²) in [7, 11) is 0. The lowest BCUT2D eigenvalue weighted by Gasteiger charge is -2.22. The molecule has 170 valence electrons. The highest BCUT2D eigenvalue weighted by atomic mass is 32.2. The molecule has 0 aliphatic carbocycles. The molecule has 1 aliphatic rings. The minimum atomic E-state index is 0.0585. The second kappa shape index (κ2) is 10.1. The summed E-state index contributed by atoms with van der Waals surface area (Å²) in [6, 6.07) is 18.3. The number of rotatable bonds is 8. The molecule has 2 aromatic carbocycles. The second-order valence-electron chi connectivity index (χ2n) is 7.95. The lowest BCUT2D eigenvalue weighted by molar-refractivity contribution is -0.116. The number of carbonyl (C=O) groups is 1. The topological polar surface area (TPSA) is 60.2 Å². The van der Waals surface area contributed by atoms with Crippen molar-refractivity contribution in [2.24, 2.45) is 0 Å². The first kappa shape index (κ1) is 22.1. The van der Waals surface area contributed by atoms with Crippen LogP contribution in [0, 0.1) is 0 Å². The van der Waals surface area contributed by atoms with Crippen LogP contribution >= 0.6 is 23.1 Å². The third-order valence-electron chi connectivity index (χ3n) is 5.87. The molecule has 0 spiro atoms. The zero-order valence-corrected chi connectivity index (χ0v) is 20.1. The number of aromatic nitrogens is 3. The maximum atomic E-state index is 13.3. The van der Waals surface area contributed by atoms with Crippen molar-refractivity contribution >= 4 is 45.5 Å². The molecule has 1 saturated heterocycles. The van der Waals surface area contributed by atoms with Crippen molar-refractivity contribution in [2.75, 3.05) is 23.8 Å². The molecule has 1 amide bonds. The molecule has 1 fully saturated rings. The number of hydrogen-bond acceptors (Lipinski definition) is 6. The molecule has 1 aliphatic heterocycles. The largest absolute Gasteiger partial charge is 0.376 e. The Hall–Kier alpha value is -2.68. The molecule has 8 heteroatoms. The molecule has 0 N–H and O–H groups in total. The summed E-state index contributed by atoms with van der Waals surface area (Å²) < 4.78 is 8.00. The van der Waals surface area contributed by atoms with Crippen molar-refractivity contribution in [2.45, 2.75) is 37.6 Å². The smallest absolute Gasteiger partial charge is 0.237 e. The van der Waals surface area contributed by atoms with Crippen LogP contribution in [0.2, 0.25) is 0 Å². The van der Waals surface area contributed by atoms with E-state index in [0.29, 0.717) is 18.8 Å². The van der Waals surface area contributed by atoms with Crippen molar-refractivity contribution < 1.29 is 9.53 Å². The third-order valence-corrected chi connectivity index (χ3v) is 7.69. The Bertz CT molecular complexity index is 1230. The van der Waals surface area contributed by atoms with E-state index in [-0.39, 0.29) is 12.0 Å². The van der Waals surface area contributed by atoms with Crippen LogP contribution in [0.3, 0.4) is 0 Å². The van der Waals surface area contributed by atoms with Gasteiger partial charge in [0.1, 0.15) is 0 Å². The van der Waals surface area contributed by atoms with E-state index in [1.807, 2.05) is 47.5 Å². The van der Waals surface area contributed by atoms with Crippen LogP contribution in [0.15, 0.2) is 65.1 Å². The molecule has 0 radical (unpaired) electrons. The minimum Gasteiger partial charge on any atom is -0.376 e. The summed E-state index contributed by atoms with van der Waals surface area (Å²) in [5.41, 5.74) is 0.946. The molecule has 2 aromatic heterocycles. The van der Waals surface area contributed by atoms with Crippen molar-refractivity contribution in [3.63, 3.8) is 0 Å². The van der Waals surface area contributed by atoms with Gasteiger partial charge >= 0.3 is 0 Å². The first-order valence-corrected chi connectivity index (χ1v) is 13.1. The van der Waals surface area contributed by atoms with E-state index in [1.165, 1.54) is 11.8 Å². The zero-order chi connectivity index (χ0) is 22.6. The van der Waals surface area contributed by atoms with Gasteiger partial charge in [0, 0.05) is 18.5 Å². The second-order valence-corrected chi connectivity index (χ2v) is 9.84. The molecular formula is C25H26N4O2S2. The van der Waals surface area contributed by atoms with Gasteiger partial charge in [-0.05, 0) is 42.7 Å². The number of thiophene rings is 1. The van der Waals surface area contributed by atoms with E-state index in [4.69, 9.17) is 4.74 Å². The summed E-state index contributed by atoms with van der Waals surface area (Å²) in [6.45, 7) is 4.13. The summed E-state index contributed by atoms with van der Waals surface area (Å²) in [4.78, 5) is 16.2. The lowest BCUT2D eigenvalue weighted by atomic mass is 10.1. The van der Waals surface area contributed by atoms with Crippen LogP contribution in [-0.2, 0) is 16.1 Å². The van der Waals surface area contributed by atoms with Crippen LogP contribution in [0.5, 0.6) is 0 Å². The van der Waals surface area contributed by atoms with E-state index < -0.39 is 0 Å². The summed E-state index contributed by atoms with van der Waals surface area (Å²) in [5.74, 6) is 1.20. The molecule has 1 atom stereocenters. The van der Waals surface area contributed by atoms with Crippen molar-refractivity contribution in [3.05, 3.63) is 60.0 Å². The van der Waals surface area contributed by atoms with Crippen molar-refractivity contribution in [1.82, 2.24) is 14.8 Å². The predicted octanol–water partition coefficient (Wildman–Crippen LogP) is 5.48. The standard InChI is InChI=1S/C25H26N4O2S2/c1-2-28(21-12-5-9-18-8-3-4-11-20(18)21)23(30)17-33-25-27-26-24(22-13-7-15-32-22)29(25)16-19-10-6-14-31-19/h3-5,7-9,11-13,15,19H,2,6,10,14,16-17H2,1H3. The van der Waals surface area contributed by atoms with Gasteiger partial charge in [-0.25, -0.2) is 0 Å². The number of hydrogen-bond donors (Lipinski definition) is 0. The fourth-order valence-electron chi connectivity index (χ4n) is 4.27. The van der Waals surface area contributed by atoms with Crippen molar-refractivity contribution in [1.29, 1.82) is 0 Å². The third kappa shape index (κ3) is 4.69. The van der Waals surface area contributed by atoms with Gasteiger partial charge in [0.25, 0.3) is 0 Å². The number of nitrogens with zero attached hydrogens (tertiary/aromatic N) is 4. The van der Waals surface area contributed by atoms with Gasteiger partial charge in [0.2, 0.25) is 5.91 Å². The quantitative estimate of drug-likeness (QED) is 0.314. The molecule has 4 aromatic rings. The molecule has 0 bridgehead atoms. The Kier molecular flexibility index (Phi) is 6.75. The Balaban J connectivity index is 1.37. The Morgan fingerprint density at radius 1 is 1.18 bits per heavy atom. The van der Waals surface area contributed by atoms with E-state index in [1.54, 1.807) is 11.3 Å². The maximum absolute atomic E-state index is 13.3. The normalized spacial score (nSPS) is 15.8. The molecule has 33 heavy (non-hydrogen) atoms. The molecule has 1 unspecified atom stereocenters. The van der Waals surface area contributed by atoms with E-state index in [9.17, 15) is 4.79 Å². The maximum Gasteiger partial charge on any atom is 0.237 e. The highest BCUT2D eigenvalue weighted by Crippen LogP contribution is 2.31. The molecule has 5 rings (SSSR count). The van der Waals surface area contributed by atoms with Crippen LogP contribution in [-0.4, -0.2) is 45.7 Å². The van der Waals surface area contributed by atoms with Gasteiger partial charge in [-0.2, -0.15) is 0 Å². The van der Waals surface area contributed by atoms with Gasteiger partial charge in [-0.1, -0.05) is 54.2 Å². The number of amides is 1. The molecule has 6 nitrogen and oxygen atoms in total. The summed E-state index contributed by atoms with van der Waals surface area (Å²) in [6.07, 6.45) is 2.28. The monoisotopic (exact) mass is 478 g/mol. The van der Waals surface area contributed by atoms with Crippen LogP contribution in [0.25, 0.3) is 21.5 Å². The Morgan fingerprint density at radius 2 is 2.06 bits per heavy atom. The van der Waals surface area contributed by atoms with Gasteiger partial charge in [0.05, 0.1) is 29.0 Å². The number of anilines is 1. The van der Waals surface area contributed by atoms with Crippen LogP contribution in [0.4, 0.5) is 5.69 Å². The first-order chi connectivity index (χ1) is 16.2. The first-order valence-electron chi connectivity index (χ1n) is 11.2. The van der Waals surface area contributed by atoms with E-state index in [0.717, 1.165) is 51.8 Å². The number of benzene rings is 2. The fraction of sp³-hybridized carbons (Fsp3) is 0.320. The highest BCUT2D eigenvalue weighted by Gasteiger charge is 2.24. The SMILES string of the molecule is CCN(C(=O)CSc1nnc(-c2cccs2)n1CC1CCCO1)c1cccc2ccccc12. The van der Waals surface area contributed by atoms with Gasteiger partial charge in [-0.15, -0.1) is 21.5 Å². The van der Waals surface area contributed by atoms with Crippen LogP contribution in [0.1, 0.15) is 19.8 Å². The van der Waals surface area contributed by atoms with Gasteiger partial charge in [-0.3, -0.25) is 9.36 Å². The summed E-state index contributed by atoms with van der Waals surface area (Å²) in [5, 5.41) is 13.9. The van der Waals surface area contributed by atoms with E-state index >= 15 is 0 Å². The lowest BCUT2D eigenvalue weighted by Crippen LogP contribution is -2.32. The van der Waals surface area contributed by atoms with Crippen LogP contribution < -0.4 is 4.90 Å². The van der Waals surface area contributed by atoms with Gasteiger partial charge < -0.3 is 9.64 Å². The Morgan fingerprint density at radius 3 is 2.85 bits per heavy atom. The average molecular weight is 479 g/mol. The molecule has 3 heterocycles. The van der Waals surface area contributed by atoms with Crippen molar-refractivity contribution in [3.8, 4) is 10.7 Å². The molecule has 0 saturated carbocycles. The highest BCUT2D eigenvalue weighted by molar-refractivity contribution is 7.99. The average Bonchev–Trinajstić information content (AvgIpc) is 3.61. The summed E-state index contributed by atoms with van der Waals surface area (Å²) >= 11 is 3.09. The van der Waals surface area contributed by atoms with Gasteiger partial charge in [0.15, 0.2) is 11.0 Å². The number of carbonyl (C=O) groups excluding carboxylic acids is 1. The zero-order valence-electron chi connectivity index (χ0n) is 18.5. The Labute approximate surface area is 201 Å². The minimum absolute atomic E-state index is 0.0585.